The molecule has 1 amide bonds. The lowest BCUT2D eigenvalue weighted by Crippen LogP contribution is -2.39. The summed E-state index contributed by atoms with van der Waals surface area (Å²) in [7, 11) is 0. The zero-order chi connectivity index (χ0) is 22.5. The summed E-state index contributed by atoms with van der Waals surface area (Å²) in [5.41, 5.74) is 0.943. The highest BCUT2D eigenvalue weighted by atomic mass is 35.5. The average molecular weight is 460 g/mol. The fourth-order valence-electron chi connectivity index (χ4n) is 3.83. The molecule has 2 aromatic carbocycles. The number of para-hydroxylation sites is 1. The number of halogens is 2. The number of benzene rings is 2. The Bertz CT molecular complexity index is 1140. The lowest BCUT2D eigenvalue weighted by Gasteiger charge is -2.32. The first-order valence-corrected chi connectivity index (χ1v) is 11.4. The predicted octanol–water partition coefficient (Wildman–Crippen LogP) is 6.12. The number of hydrogen-bond donors (Lipinski definition) is 0. The zero-order valence-electron chi connectivity index (χ0n) is 18.1. The molecule has 31 heavy (non-hydrogen) atoms. The van der Waals surface area contributed by atoms with Gasteiger partial charge in [-0.05, 0) is 50.1 Å². The first-order chi connectivity index (χ1) is 14.9. The van der Waals surface area contributed by atoms with Gasteiger partial charge in [0.15, 0.2) is 0 Å². The maximum atomic E-state index is 13.6. The summed E-state index contributed by atoms with van der Waals surface area (Å²) >= 11 is 12.4. The van der Waals surface area contributed by atoms with Crippen LogP contribution in [0.5, 0.6) is 0 Å². The van der Waals surface area contributed by atoms with E-state index in [1.165, 1.54) is 0 Å². The van der Waals surface area contributed by atoms with Gasteiger partial charge in [-0.1, -0.05) is 55.6 Å². The normalized spacial score (nSPS) is 12.2. The van der Waals surface area contributed by atoms with Crippen molar-refractivity contribution in [3.05, 3.63) is 74.3 Å². The van der Waals surface area contributed by atoms with Crippen LogP contribution in [0, 0.1) is 0 Å². The molecule has 3 aromatic rings. The number of aromatic nitrogens is 2. The number of unbranched alkanes of at least 4 members (excludes halogenated alkanes) is 1. The summed E-state index contributed by atoms with van der Waals surface area (Å²) in [6.07, 6.45) is 2.38. The molecular weight excluding hydrogens is 433 g/mol. The van der Waals surface area contributed by atoms with Crippen LogP contribution in [0.3, 0.4) is 0 Å². The summed E-state index contributed by atoms with van der Waals surface area (Å²) in [6.45, 7) is 7.01. The third-order valence-electron chi connectivity index (χ3n) is 5.44. The van der Waals surface area contributed by atoms with Gasteiger partial charge in [0.1, 0.15) is 5.82 Å². The van der Waals surface area contributed by atoms with Crippen molar-refractivity contribution in [2.24, 2.45) is 0 Å². The number of nitrogens with zero attached hydrogens (tertiary/aromatic N) is 3. The lowest BCUT2D eigenvalue weighted by molar-refractivity contribution is 0.0653. The minimum absolute atomic E-state index is 0.0889. The Hall–Kier alpha value is -2.37. The Kier molecular flexibility index (Phi) is 7.74. The summed E-state index contributed by atoms with van der Waals surface area (Å²) in [5, 5.41) is 1.37. The Balaban J connectivity index is 2.15. The standard InChI is InChI=1S/C24H27Cl2N3O2/c1-4-7-14-29(23(30)17-13-12-16(25)15-19(17)26)21(5-2)22-27-20-11-9-8-10-18(20)24(31)28(22)6-3/h8-13,15,21H,4-7,14H2,1-3H3. The number of rotatable bonds is 8. The molecule has 3 rings (SSSR count). The molecule has 1 atom stereocenters. The second kappa shape index (κ2) is 10.3. The summed E-state index contributed by atoms with van der Waals surface area (Å²) in [4.78, 5) is 33.4. The van der Waals surface area contributed by atoms with E-state index in [9.17, 15) is 9.59 Å². The van der Waals surface area contributed by atoms with Crippen LogP contribution in [0.25, 0.3) is 10.9 Å². The van der Waals surface area contributed by atoms with E-state index in [4.69, 9.17) is 28.2 Å². The van der Waals surface area contributed by atoms with Crippen molar-refractivity contribution in [3.8, 4) is 0 Å². The summed E-state index contributed by atoms with van der Waals surface area (Å²) in [5.74, 6) is 0.412. The van der Waals surface area contributed by atoms with E-state index in [1.54, 1.807) is 33.7 Å². The van der Waals surface area contributed by atoms with Gasteiger partial charge < -0.3 is 4.90 Å². The quantitative estimate of drug-likeness (QED) is 0.407. The van der Waals surface area contributed by atoms with Crippen molar-refractivity contribution in [2.75, 3.05) is 6.54 Å². The minimum Gasteiger partial charge on any atom is -0.328 e. The molecule has 0 spiro atoms. The average Bonchev–Trinajstić information content (AvgIpc) is 2.76. The van der Waals surface area contributed by atoms with Gasteiger partial charge in [-0.15, -0.1) is 0 Å². The van der Waals surface area contributed by atoms with Gasteiger partial charge in [0.2, 0.25) is 0 Å². The van der Waals surface area contributed by atoms with Crippen LogP contribution in [-0.4, -0.2) is 26.9 Å². The van der Waals surface area contributed by atoms with E-state index in [0.717, 1.165) is 12.8 Å². The number of fused-ring (bicyclic) bond motifs is 1. The molecule has 7 heteroatoms. The van der Waals surface area contributed by atoms with Crippen LogP contribution in [0.15, 0.2) is 47.3 Å². The molecule has 0 aliphatic heterocycles. The third kappa shape index (κ3) is 4.78. The van der Waals surface area contributed by atoms with Gasteiger partial charge in [0, 0.05) is 18.1 Å². The zero-order valence-corrected chi connectivity index (χ0v) is 19.6. The Labute approximate surface area is 192 Å². The first-order valence-electron chi connectivity index (χ1n) is 10.7. The smallest absolute Gasteiger partial charge is 0.261 e. The van der Waals surface area contributed by atoms with Gasteiger partial charge >= 0.3 is 0 Å². The monoisotopic (exact) mass is 459 g/mol. The highest BCUT2D eigenvalue weighted by Gasteiger charge is 2.29. The molecule has 1 heterocycles. The van der Waals surface area contributed by atoms with Crippen LogP contribution < -0.4 is 5.56 Å². The number of hydrogen-bond acceptors (Lipinski definition) is 3. The second-order valence-corrected chi connectivity index (χ2v) is 8.28. The van der Waals surface area contributed by atoms with Crippen molar-refractivity contribution in [1.82, 2.24) is 14.5 Å². The van der Waals surface area contributed by atoms with E-state index in [-0.39, 0.29) is 17.5 Å². The molecule has 0 N–H and O–H groups in total. The third-order valence-corrected chi connectivity index (χ3v) is 5.99. The van der Waals surface area contributed by atoms with Gasteiger partial charge in [-0.2, -0.15) is 0 Å². The lowest BCUT2D eigenvalue weighted by atomic mass is 10.1. The summed E-state index contributed by atoms with van der Waals surface area (Å²) in [6, 6.07) is 11.9. The van der Waals surface area contributed by atoms with Crippen LogP contribution in [-0.2, 0) is 6.54 Å². The maximum absolute atomic E-state index is 13.6. The highest BCUT2D eigenvalue weighted by Crippen LogP contribution is 2.29. The molecule has 0 radical (unpaired) electrons. The second-order valence-electron chi connectivity index (χ2n) is 7.44. The van der Waals surface area contributed by atoms with E-state index in [1.807, 2.05) is 32.0 Å². The van der Waals surface area contributed by atoms with Crippen molar-refractivity contribution in [3.63, 3.8) is 0 Å². The fourth-order valence-corrected chi connectivity index (χ4v) is 4.32. The largest absolute Gasteiger partial charge is 0.328 e. The molecule has 0 fully saturated rings. The topological polar surface area (TPSA) is 55.2 Å². The van der Waals surface area contributed by atoms with E-state index < -0.39 is 0 Å². The van der Waals surface area contributed by atoms with E-state index >= 15 is 0 Å². The molecule has 1 aromatic heterocycles. The summed E-state index contributed by atoms with van der Waals surface area (Å²) < 4.78 is 1.67. The molecule has 0 bridgehead atoms. The van der Waals surface area contributed by atoms with Crippen LogP contribution in [0.2, 0.25) is 10.0 Å². The van der Waals surface area contributed by atoms with E-state index in [0.29, 0.717) is 51.8 Å². The number of amides is 1. The molecule has 5 nitrogen and oxygen atoms in total. The van der Waals surface area contributed by atoms with Gasteiger partial charge in [0.05, 0.1) is 27.5 Å². The van der Waals surface area contributed by atoms with Crippen LogP contribution in [0.4, 0.5) is 0 Å². The molecule has 0 saturated heterocycles. The van der Waals surface area contributed by atoms with Crippen LogP contribution in [0.1, 0.15) is 62.3 Å². The highest BCUT2D eigenvalue weighted by molar-refractivity contribution is 6.36. The SMILES string of the molecule is CCCCN(C(=O)c1ccc(Cl)cc1Cl)C(CC)c1nc2ccccc2c(=O)n1CC. The minimum atomic E-state index is -0.358. The van der Waals surface area contributed by atoms with Gasteiger partial charge in [-0.3, -0.25) is 14.2 Å². The number of carbonyl (C=O) groups excluding carboxylic acids is 1. The molecular formula is C24H27Cl2N3O2. The maximum Gasteiger partial charge on any atom is 0.261 e. The van der Waals surface area contributed by atoms with Crippen LogP contribution >= 0.6 is 23.2 Å². The van der Waals surface area contributed by atoms with E-state index in [2.05, 4.69) is 6.92 Å². The molecule has 0 aliphatic carbocycles. The molecule has 0 saturated carbocycles. The Morgan fingerprint density at radius 1 is 1.13 bits per heavy atom. The fraction of sp³-hybridized carbons (Fsp3) is 0.375. The molecule has 164 valence electrons. The Morgan fingerprint density at radius 2 is 1.87 bits per heavy atom. The van der Waals surface area contributed by atoms with Crippen molar-refractivity contribution in [1.29, 1.82) is 0 Å². The molecule has 1 unspecified atom stereocenters. The van der Waals surface area contributed by atoms with Crippen molar-refractivity contribution in [2.45, 2.75) is 52.6 Å². The number of carbonyl (C=O) groups is 1. The van der Waals surface area contributed by atoms with Gasteiger partial charge in [0.25, 0.3) is 11.5 Å². The predicted molar refractivity (Wildman–Crippen MR) is 127 cm³/mol. The Morgan fingerprint density at radius 3 is 2.52 bits per heavy atom. The molecule has 0 aliphatic rings. The van der Waals surface area contributed by atoms with Crippen molar-refractivity contribution < 1.29 is 4.79 Å². The van der Waals surface area contributed by atoms with Gasteiger partial charge in [-0.25, -0.2) is 4.98 Å². The first kappa shape index (κ1) is 23.3. The van der Waals surface area contributed by atoms with Crippen molar-refractivity contribution >= 4 is 40.0 Å².